The Morgan fingerprint density at radius 1 is 0.933 bits per heavy atom. The third kappa shape index (κ3) is 4.85. The molecule has 0 aliphatic rings. The summed E-state index contributed by atoms with van der Waals surface area (Å²) in [5.41, 5.74) is 0.923. The number of carbonyl (C=O) groups excluding carboxylic acids is 1. The molecule has 0 unspecified atom stereocenters. The first-order chi connectivity index (χ1) is 14.5. The van der Waals surface area contributed by atoms with Crippen LogP contribution in [0.25, 0.3) is 0 Å². The van der Waals surface area contributed by atoms with Crippen molar-refractivity contribution in [1.82, 2.24) is 0 Å². The van der Waals surface area contributed by atoms with E-state index in [-0.39, 0.29) is 17.2 Å². The number of ether oxygens (including phenoxy) is 3. The highest BCUT2D eigenvalue weighted by Crippen LogP contribution is 2.35. The number of amides is 1. The fourth-order valence-corrected chi connectivity index (χ4v) is 2.81. The Hall–Kier alpha value is -4.07. The molecular weight excluding hydrogens is 388 g/mol. The lowest BCUT2D eigenvalue weighted by atomic mass is 10.1. The topological polar surface area (TPSA) is 99.9 Å². The lowest BCUT2D eigenvalue weighted by Crippen LogP contribution is -2.26. The minimum absolute atomic E-state index is 0.0846. The van der Waals surface area contributed by atoms with Crippen molar-refractivity contribution in [1.29, 1.82) is 0 Å². The molecule has 8 nitrogen and oxygen atoms in total. The van der Waals surface area contributed by atoms with Crippen molar-refractivity contribution in [2.24, 2.45) is 0 Å². The van der Waals surface area contributed by atoms with Crippen LogP contribution < -0.4 is 19.5 Å². The van der Waals surface area contributed by atoms with Gasteiger partial charge in [0.2, 0.25) is 6.10 Å². The number of nitrogens with zero attached hydrogens (tertiary/aromatic N) is 1. The Labute approximate surface area is 173 Å². The van der Waals surface area contributed by atoms with Crippen molar-refractivity contribution in [2.75, 3.05) is 19.5 Å². The van der Waals surface area contributed by atoms with Crippen molar-refractivity contribution in [3.8, 4) is 17.2 Å². The van der Waals surface area contributed by atoms with Crippen molar-refractivity contribution < 1.29 is 23.9 Å². The number of nitrogens with one attached hydrogen (secondary N) is 1. The number of hydrogen-bond donors (Lipinski definition) is 1. The predicted molar refractivity (Wildman–Crippen MR) is 111 cm³/mol. The molecule has 8 heteroatoms. The highest BCUT2D eigenvalue weighted by atomic mass is 16.6. The van der Waals surface area contributed by atoms with Crippen molar-refractivity contribution >= 4 is 17.3 Å². The largest absolute Gasteiger partial charge is 0.497 e. The van der Waals surface area contributed by atoms with Gasteiger partial charge in [0, 0.05) is 23.4 Å². The van der Waals surface area contributed by atoms with Gasteiger partial charge in [0.25, 0.3) is 11.6 Å². The van der Waals surface area contributed by atoms with Crippen LogP contribution in [0.2, 0.25) is 0 Å². The molecule has 0 saturated carbocycles. The molecule has 3 rings (SSSR count). The Kier molecular flexibility index (Phi) is 6.49. The first kappa shape index (κ1) is 20.7. The molecule has 1 N–H and O–H groups in total. The fourth-order valence-electron chi connectivity index (χ4n) is 2.81. The number of anilines is 1. The third-order valence-corrected chi connectivity index (χ3v) is 4.28. The Balaban J connectivity index is 1.95. The summed E-state index contributed by atoms with van der Waals surface area (Å²) < 4.78 is 16.4. The molecule has 1 atom stereocenters. The first-order valence-electron chi connectivity index (χ1n) is 9.00. The van der Waals surface area contributed by atoms with E-state index in [9.17, 15) is 14.9 Å². The molecule has 30 heavy (non-hydrogen) atoms. The molecule has 0 radical (unpaired) electrons. The van der Waals surface area contributed by atoms with Crippen molar-refractivity contribution in [2.45, 2.75) is 6.10 Å². The zero-order valence-corrected chi connectivity index (χ0v) is 16.4. The molecule has 0 bridgehead atoms. The summed E-state index contributed by atoms with van der Waals surface area (Å²) in [6.07, 6.45) is -1.08. The van der Waals surface area contributed by atoms with Crippen molar-refractivity contribution in [3.63, 3.8) is 0 Å². The summed E-state index contributed by atoms with van der Waals surface area (Å²) >= 11 is 0. The number of methoxy groups -OCH3 is 2. The zero-order chi connectivity index (χ0) is 21.5. The molecule has 3 aromatic rings. The van der Waals surface area contributed by atoms with E-state index in [2.05, 4.69) is 5.32 Å². The van der Waals surface area contributed by atoms with Gasteiger partial charge < -0.3 is 19.5 Å². The molecule has 0 heterocycles. The number of nitro benzene ring substituents is 1. The number of rotatable bonds is 8. The van der Waals surface area contributed by atoms with Gasteiger partial charge in [-0.15, -0.1) is 0 Å². The zero-order valence-electron chi connectivity index (χ0n) is 16.4. The van der Waals surface area contributed by atoms with E-state index in [1.807, 2.05) is 6.07 Å². The van der Waals surface area contributed by atoms with Crippen LogP contribution in [0.5, 0.6) is 17.2 Å². The van der Waals surface area contributed by atoms with Crippen LogP contribution in [0.4, 0.5) is 11.4 Å². The second kappa shape index (κ2) is 9.42. The summed E-state index contributed by atoms with van der Waals surface area (Å²) in [6, 6.07) is 19.7. The van der Waals surface area contributed by atoms with Gasteiger partial charge in [-0.1, -0.05) is 36.4 Å². The molecule has 0 fully saturated rings. The van der Waals surface area contributed by atoms with E-state index in [1.165, 1.54) is 32.4 Å². The molecule has 0 aromatic heterocycles. The summed E-state index contributed by atoms with van der Waals surface area (Å²) in [7, 11) is 2.95. The predicted octanol–water partition coefficient (Wildman–Crippen LogP) is 4.37. The van der Waals surface area contributed by atoms with Gasteiger partial charge in [0.15, 0.2) is 11.5 Å². The SMILES string of the molecule is COc1cccc(NC(=O)[C@@H](Oc2cc([N+](=O)[O-])ccc2OC)c2ccccc2)c1. The van der Waals surface area contributed by atoms with Gasteiger partial charge in [-0.2, -0.15) is 0 Å². The minimum Gasteiger partial charge on any atom is -0.497 e. The van der Waals surface area contributed by atoms with Crippen LogP contribution in [-0.4, -0.2) is 25.1 Å². The Bertz CT molecular complexity index is 1040. The summed E-state index contributed by atoms with van der Waals surface area (Å²) in [6.45, 7) is 0. The standard InChI is InChI=1S/C22H20N2O6/c1-28-18-10-6-9-16(13-18)23-22(25)21(15-7-4-3-5-8-15)30-20-14-17(24(26)27)11-12-19(20)29-2/h3-14,21H,1-2H3,(H,23,25)/t21-/m0/s1. The highest BCUT2D eigenvalue weighted by molar-refractivity contribution is 5.95. The average molecular weight is 408 g/mol. The second-order valence-corrected chi connectivity index (χ2v) is 6.22. The summed E-state index contributed by atoms with van der Waals surface area (Å²) in [5, 5.41) is 14.0. The Morgan fingerprint density at radius 2 is 1.70 bits per heavy atom. The average Bonchev–Trinajstić information content (AvgIpc) is 2.77. The summed E-state index contributed by atoms with van der Waals surface area (Å²) in [5.74, 6) is 0.491. The van der Waals surface area contributed by atoms with E-state index in [1.54, 1.807) is 48.5 Å². The second-order valence-electron chi connectivity index (χ2n) is 6.22. The van der Waals surface area contributed by atoms with E-state index in [0.29, 0.717) is 17.0 Å². The summed E-state index contributed by atoms with van der Waals surface area (Å²) in [4.78, 5) is 23.7. The number of non-ortho nitro benzene ring substituents is 1. The van der Waals surface area contributed by atoms with Crippen LogP contribution in [-0.2, 0) is 4.79 Å². The van der Waals surface area contributed by atoms with Gasteiger partial charge in [-0.25, -0.2) is 0 Å². The van der Waals surface area contributed by atoms with Crippen LogP contribution in [0, 0.1) is 10.1 Å². The maximum atomic E-state index is 13.1. The number of nitro groups is 1. The molecule has 0 saturated heterocycles. The van der Waals surface area contributed by atoms with Gasteiger partial charge in [-0.3, -0.25) is 14.9 Å². The molecule has 1 amide bonds. The van der Waals surface area contributed by atoms with Crippen LogP contribution in [0.1, 0.15) is 11.7 Å². The Morgan fingerprint density at radius 3 is 2.37 bits per heavy atom. The maximum absolute atomic E-state index is 13.1. The minimum atomic E-state index is -1.08. The van der Waals surface area contributed by atoms with Crippen LogP contribution in [0.15, 0.2) is 72.8 Å². The lowest BCUT2D eigenvalue weighted by Gasteiger charge is -2.20. The quantitative estimate of drug-likeness (QED) is 0.439. The fraction of sp³-hybridized carbons (Fsp3) is 0.136. The van der Waals surface area contributed by atoms with Gasteiger partial charge in [-0.05, 0) is 18.2 Å². The third-order valence-electron chi connectivity index (χ3n) is 4.28. The first-order valence-corrected chi connectivity index (χ1v) is 9.00. The lowest BCUT2D eigenvalue weighted by molar-refractivity contribution is -0.385. The molecule has 0 aliphatic heterocycles. The van der Waals surface area contributed by atoms with E-state index >= 15 is 0 Å². The molecule has 3 aromatic carbocycles. The van der Waals surface area contributed by atoms with E-state index < -0.39 is 16.9 Å². The van der Waals surface area contributed by atoms with Crippen LogP contribution in [0.3, 0.4) is 0 Å². The maximum Gasteiger partial charge on any atom is 0.273 e. The molecular formula is C22H20N2O6. The van der Waals surface area contributed by atoms with E-state index in [0.717, 1.165) is 0 Å². The smallest absolute Gasteiger partial charge is 0.273 e. The molecule has 154 valence electrons. The normalized spacial score (nSPS) is 11.3. The van der Waals surface area contributed by atoms with Crippen molar-refractivity contribution in [3.05, 3.63) is 88.5 Å². The van der Waals surface area contributed by atoms with Gasteiger partial charge in [0.05, 0.1) is 25.2 Å². The van der Waals surface area contributed by atoms with E-state index in [4.69, 9.17) is 14.2 Å². The van der Waals surface area contributed by atoms with Gasteiger partial charge in [0.1, 0.15) is 5.75 Å². The highest BCUT2D eigenvalue weighted by Gasteiger charge is 2.25. The molecule has 0 spiro atoms. The number of hydrogen-bond acceptors (Lipinski definition) is 6. The molecule has 0 aliphatic carbocycles. The monoisotopic (exact) mass is 408 g/mol. The van der Waals surface area contributed by atoms with Crippen LogP contribution >= 0.6 is 0 Å². The number of carbonyl (C=O) groups is 1. The van der Waals surface area contributed by atoms with Gasteiger partial charge >= 0.3 is 0 Å². The number of benzene rings is 3.